The summed E-state index contributed by atoms with van der Waals surface area (Å²) in [7, 11) is 0. The fourth-order valence-corrected chi connectivity index (χ4v) is 2.02. The van der Waals surface area contributed by atoms with Crippen molar-refractivity contribution in [3.05, 3.63) is 18.5 Å². The lowest BCUT2D eigenvalue weighted by Crippen LogP contribution is -2.31. The first-order chi connectivity index (χ1) is 8.02. The fourth-order valence-electron chi connectivity index (χ4n) is 2.02. The Kier molecular flexibility index (Phi) is 2.71. The molecule has 2 rings (SSSR count). The Morgan fingerprint density at radius 1 is 1.47 bits per heavy atom. The molecule has 6 nitrogen and oxygen atoms in total. The molecule has 90 valence electrons. The Balaban J connectivity index is 2.68. The summed E-state index contributed by atoms with van der Waals surface area (Å²) in [6, 6.07) is 1.28. The number of anilines is 1. The van der Waals surface area contributed by atoms with Gasteiger partial charge in [-0.1, -0.05) is 13.8 Å². The van der Waals surface area contributed by atoms with Crippen molar-refractivity contribution in [1.82, 2.24) is 14.5 Å². The van der Waals surface area contributed by atoms with Crippen molar-refractivity contribution < 1.29 is 4.79 Å². The van der Waals surface area contributed by atoms with Crippen molar-refractivity contribution in [1.29, 1.82) is 0 Å². The molecule has 2 aromatic rings. The molecule has 0 bridgehead atoms. The van der Waals surface area contributed by atoms with E-state index in [9.17, 15) is 4.79 Å². The van der Waals surface area contributed by atoms with E-state index in [0.717, 1.165) is 5.52 Å². The van der Waals surface area contributed by atoms with Crippen LogP contribution in [-0.4, -0.2) is 20.4 Å². The predicted octanol–water partition coefficient (Wildman–Crippen LogP) is 0.696. The number of imidazole rings is 1. The number of aromatic nitrogens is 3. The Hall–Kier alpha value is -2.11. The fraction of sp³-hybridized carbons (Fsp3) is 0.364. The second-order valence-corrected chi connectivity index (χ2v) is 4.30. The first-order valence-electron chi connectivity index (χ1n) is 5.39. The number of carbonyl (C=O) groups is 1. The van der Waals surface area contributed by atoms with E-state index in [2.05, 4.69) is 9.97 Å². The van der Waals surface area contributed by atoms with Crippen LogP contribution in [0.3, 0.4) is 0 Å². The molecule has 0 spiro atoms. The minimum absolute atomic E-state index is 0.0420. The maximum absolute atomic E-state index is 11.5. The number of pyridine rings is 1. The van der Waals surface area contributed by atoms with E-state index in [-0.39, 0.29) is 11.9 Å². The second kappa shape index (κ2) is 4.04. The number of primary amides is 1. The smallest absolute Gasteiger partial charge is 0.240 e. The number of nitrogen functional groups attached to an aromatic ring is 1. The lowest BCUT2D eigenvalue weighted by atomic mass is 10.0. The highest BCUT2D eigenvalue weighted by Crippen LogP contribution is 2.26. The molecular formula is C11H15N5O. The Labute approximate surface area is 98.6 Å². The van der Waals surface area contributed by atoms with Crippen LogP contribution in [0, 0.1) is 5.92 Å². The van der Waals surface area contributed by atoms with E-state index in [0.29, 0.717) is 5.52 Å². The lowest BCUT2D eigenvalue weighted by Gasteiger charge is -2.20. The summed E-state index contributed by atoms with van der Waals surface area (Å²) in [5.41, 5.74) is 12.7. The van der Waals surface area contributed by atoms with Crippen LogP contribution in [0.1, 0.15) is 19.9 Å². The average molecular weight is 233 g/mol. The van der Waals surface area contributed by atoms with Crippen molar-refractivity contribution in [2.45, 2.75) is 19.9 Å². The number of rotatable bonds is 3. The first kappa shape index (κ1) is 11.4. The predicted molar refractivity (Wildman–Crippen MR) is 65.0 cm³/mol. The van der Waals surface area contributed by atoms with Crippen molar-refractivity contribution in [3.63, 3.8) is 0 Å². The molecule has 0 aliphatic rings. The van der Waals surface area contributed by atoms with Crippen LogP contribution in [0.2, 0.25) is 0 Å². The Morgan fingerprint density at radius 2 is 2.18 bits per heavy atom. The minimum atomic E-state index is -0.498. The van der Waals surface area contributed by atoms with E-state index in [1.54, 1.807) is 23.0 Å². The Bertz CT molecular complexity index is 560. The van der Waals surface area contributed by atoms with Gasteiger partial charge in [-0.25, -0.2) is 4.98 Å². The highest BCUT2D eigenvalue weighted by molar-refractivity contribution is 5.84. The standard InChI is InChI=1S/C11H15N5O/c1-6(2)9(10(12)17)16-8-3-4-14-5-7(8)15-11(16)13/h3-6,9H,1-2H3,(H2,12,17)(H2,13,15). The van der Waals surface area contributed by atoms with Crippen LogP contribution in [-0.2, 0) is 4.79 Å². The van der Waals surface area contributed by atoms with Gasteiger partial charge in [0.2, 0.25) is 11.9 Å². The van der Waals surface area contributed by atoms with Crippen molar-refractivity contribution in [3.8, 4) is 0 Å². The van der Waals surface area contributed by atoms with Crippen molar-refractivity contribution in [2.24, 2.45) is 11.7 Å². The van der Waals surface area contributed by atoms with Gasteiger partial charge >= 0.3 is 0 Å². The SMILES string of the molecule is CC(C)C(C(N)=O)n1c(N)nc2cnccc21. The van der Waals surface area contributed by atoms with E-state index in [4.69, 9.17) is 11.5 Å². The third kappa shape index (κ3) is 1.82. The van der Waals surface area contributed by atoms with Crippen molar-refractivity contribution in [2.75, 3.05) is 5.73 Å². The van der Waals surface area contributed by atoms with Gasteiger partial charge in [0.1, 0.15) is 11.6 Å². The van der Waals surface area contributed by atoms with Gasteiger partial charge in [0.05, 0.1) is 11.7 Å². The summed E-state index contributed by atoms with van der Waals surface area (Å²) in [4.78, 5) is 19.7. The Morgan fingerprint density at radius 3 is 2.76 bits per heavy atom. The van der Waals surface area contributed by atoms with Gasteiger partial charge < -0.3 is 11.5 Å². The van der Waals surface area contributed by atoms with Gasteiger partial charge in [-0.3, -0.25) is 14.3 Å². The van der Waals surface area contributed by atoms with Gasteiger partial charge in [0.25, 0.3) is 0 Å². The molecule has 0 aliphatic carbocycles. The molecule has 0 fully saturated rings. The molecule has 1 atom stereocenters. The first-order valence-corrected chi connectivity index (χ1v) is 5.39. The molecule has 2 heterocycles. The maximum atomic E-state index is 11.5. The second-order valence-electron chi connectivity index (χ2n) is 4.30. The van der Waals surface area contributed by atoms with Crippen LogP contribution >= 0.6 is 0 Å². The van der Waals surface area contributed by atoms with Gasteiger partial charge in [-0.05, 0) is 12.0 Å². The summed E-state index contributed by atoms with van der Waals surface area (Å²) in [6.07, 6.45) is 3.25. The third-order valence-electron chi connectivity index (χ3n) is 2.72. The van der Waals surface area contributed by atoms with Crippen LogP contribution < -0.4 is 11.5 Å². The quantitative estimate of drug-likeness (QED) is 0.814. The lowest BCUT2D eigenvalue weighted by molar-refractivity contribution is -0.122. The van der Waals surface area contributed by atoms with Crippen LogP contribution in [0.15, 0.2) is 18.5 Å². The molecule has 1 amide bonds. The van der Waals surface area contributed by atoms with Crippen LogP contribution in [0.25, 0.3) is 11.0 Å². The number of nitrogens with zero attached hydrogens (tertiary/aromatic N) is 3. The molecule has 0 radical (unpaired) electrons. The molecule has 0 aromatic carbocycles. The number of carbonyl (C=O) groups excluding carboxylic acids is 1. The summed E-state index contributed by atoms with van der Waals surface area (Å²) in [6.45, 7) is 3.84. The zero-order chi connectivity index (χ0) is 12.6. The molecule has 17 heavy (non-hydrogen) atoms. The summed E-state index contributed by atoms with van der Waals surface area (Å²) < 4.78 is 1.67. The number of hydrogen-bond acceptors (Lipinski definition) is 4. The molecular weight excluding hydrogens is 218 g/mol. The summed E-state index contributed by atoms with van der Waals surface area (Å²) in [5.74, 6) is -0.0892. The monoisotopic (exact) mass is 233 g/mol. The minimum Gasteiger partial charge on any atom is -0.369 e. The molecule has 0 saturated heterocycles. The zero-order valence-electron chi connectivity index (χ0n) is 9.79. The normalized spacial score (nSPS) is 13.1. The molecule has 4 N–H and O–H groups in total. The van der Waals surface area contributed by atoms with E-state index >= 15 is 0 Å². The van der Waals surface area contributed by atoms with Gasteiger partial charge in [-0.15, -0.1) is 0 Å². The number of fused-ring (bicyclic) bond motifs is 1. The number of hydrogen-bond donors (Lipinski definition) is 2. The maximum Gasteiger partial charge on any atom is 0.240 e. The topological polar surface area (TPSA) is 99.8 Å². The van der Waals surface area contributed by atoms with Gasteiger partial charge in [0.15, 0.2) is 0 Å². The number of nitrogens with two attached hydrogens (primary N) is 2. The highest BCUT2D eigenvalue weighted by atomic mass is 16.1. The van der Waals surface area contributed by atoms with Crippen molar-refractivity contribution >= 4 is 22.9 Å². The molecule has 2 aromatic heterocycles. The molecule has 6 heteroatoms. The van der Waals surface area contributed by atoms with E-state index in [1.807, 2.05) is 13.8 Å². The molecule has 0 aliphatic heterocycles. The average Bonchev–Trinajstić information content (AvgIpc) is 2.55. The largest absolute Gasteiger partial charge is 0.369 e. The number of amides is 1. The molecule has 1 unspecified atom stereocenters. The highest BCUT2D eigenvalue weighted by Gasteiger charge is 2.25. The van der Waals surface area contributed by atoms with Crippen LogP contribution in [0.4, 0.5) is 5.95 Å². The van der Waals surface area contributed by atoms with Gasteiger partial charge in [-0.2, -0.15) is 0 Å². The van der Waals surface area contributed by atoms with Crippen LogP contribution in [0.5, 0.6) is 0 Å². The summed E-state index contributed by atoms with van der Waals surface area (Å²) >= 11 is 0. The third-order valence-corrected chi connectivity index (χ3v) is 2.72. The van der Waals surface area contributed by atoms with E-state index in [1.165, 1.54) is 0 Å². The van der Waals surface area contributed by atoms with E-state index < -0.39 is 11.9 Å². The zero-order valence-corrected chi connectivity index (χ0v) is 9.79. The van der Waals surface area contributed by atoms with Gasteiger partial charge in [0, 0.05) is 6.20 Å². The summed E-state index contributed by atoms with van der Waals surface area (Å²) in [5, 5.41) is 0. The molecule has 0 saturated carbocycles.